The van der Waals surface area contributed by atoms with E-state index in [2.05, 4.69) is 25.7 Å². The van der Waals surface area contributed by atoms with Gasteiger partial charge in [-0.25, -0.2) is 0 Å². The summed E-state index contributed by atoms with van der Waals surface area (Å²) in [6.07, 6.45) is 1.66. The van der Waals surface area contributed by atoms with Crippen molar-refractivity contribution in [3.05, 3.63) is 34.3 Å². The molecule has 4 nitrogen and oxygen atoms in total. The van der Waals surface area contributed by atoms with Crippen LogP contribution in [0.2, 0.25) is 0 Å². The summed E-state index contributed by atoms with van der Waals surface area (Å²) in [7, 11) is 0. The molecule has 0 unspecified atom stereocenters. The molecule has 0 aromatic heterocycles. The Labute approximate surface area is 134 Å². The molecule has 1 N–H and O–H groups in total. The number of hydrogen-bond donors (Lipinski definition) is 1. The number of rotatable bonds is 6. The van der Waals surface area contributed by atoms with Crippen molar-refractivity contribution in [3.8, 4) is 0 Å². The van der Waals surface area contributed by atoms with Gasteiger partial charge in [-0.05, 0) is 25.6 Å². The van der Waals surface area contributed by atoms with Crippen molar-refractivity contribution in [3.63, 3.8) is 0 Å². The Bertz CT molecular complexity index is 467. The maximum Gasteiger partial charge on any atom is 0.165 e. The molecule has 0 aliphatic carbocycles. The number of benzene rings is 1. The van der Waals surface area contributed by atoms with Crippen molar-refractivity contribution in [1.29, 1.82) is 0 Å². The van der Waals surface area contributed by atoms with Crippen LogP contribution >= 0.6 is 15.9 Å². The van der Waals surface area contributed by atoms with E-state index in [1.54, 1.807) is 0 Å². The second-order valence-corrected chi connectivity index (χ2v) is 6.27. The van der Waals surface area contributed by atoms with Crippen LogP contribution in [0.1, 0.15) is 23.2 Å². The fourth-order valence-corrected chi connectivity index (χ4v) is 3.20. The minimum Gasteiger partial charge on any atom is -0.395 e. The molecule has 0 saturated carbocycles. The van der Waals surface area contributed by atoms with Crippen LogP contribution in [0, 0.1) is 0 Å². The molecule has 1 saturated heterocycles. The van der Waals surface area contributed by atoms with Crippen molar-refractivity contribution in [2.24, 2.45) is 0 Å². The van der Waals surface area contributed by atoms with Gasteiger partial charge in [0.2, 0.25) is 0 Å². The average molecular weight is 355 g/mol. The lowest BCUT2D eigenvalue weighted by Crippen LogP contribution is -2.33. The topological polar surface area (TPSA) is 43.8 Å². The van der Waals surface area contributed by atoms with Crippen molar-refractivity contribution >= 4 is 21.7 Å². The molecule has 1 aliphatic heterocycles. The van der Waals surface area contributed by atoms with Gasteiger partial charge in [-0.3, -0.25) is 9.69 Å². The van der Waals surface area contributed by atoms with E-state index in [0.29, 0.717) is 6.42 Å². The highest BCUT2D eigenvalue weighted by Gasteiger charge is 2.16. The van der Waals surface area contributed by atoms with Crippen molar-refractivity contribution in [2.75, 3.05) is 45.9 Å². The van der Waals surface area contributed by atoms with E-state index in [-0.39, 0.29) is 12.4 Å². The van der Waals surface area contributed by atoms with Crippen LogP contribution in [0.3, 0.4) is 0 Å². The van der Waals surface area contributed by atoms with Crippen molar-refractivity contribution in [1.82, 2.24) is 9.80 Å². The predicted molar refractivity (Wildman–Crippen MR) is 87.7 cm³/mol. The highest BCUT2D eigenvalue weighted by Crippen LogP contribution is 2.17. The first-order valence-electron chi connectivity index (χ1n) is 7.54. The summed E-state index contributed by atoms with van der Waals surface area (Å²) in [5.41, 5.74) is 0.772. The van der Waals surface area contributed by atoms with Gasteiger partial charge in [-0.15, -0.1) is 0 Å². The van der Waals surface area contributed by atoms with Gasteiger partial charge in [0, 0.05) is 42.6 Å². The average Bonchev–Trinajstić information content (AvgIpc) is 2.71. The lowest BCUT2D eigenvalue weighted by molar-refractivity contribution is 0.0964. The number of aliphatic hydroxyl groups excluding tert-OH is 1. The summed E-state index contributed by atoms with van der Waals surface area (Å²) in [4.78, 5) is 16.9. The van der Waals surface area contributed by atoms with E-state index < -0.39 is 0 Å². The van der Waals surface area contributed by atoms with Gasteiger partial charge < -0.3 is 10.0 Å². The van der Waals surface area contributed by atoms with Crippen molar-refractivity contribution in [2.45, 2.75) is 12.8 Å². The molecule has 0 amide bonds. The van der Waals surface area contributed by atoms with Crippen LogP contribution in [-0.4, -0.2) is 66.6 Å². The minimum atomic E-state index is 0.193. The number of Topliss-reactive ketones (excluding diaryl/α,β-unsaturated/α-hetero) is 1. The smallest absolute Gasteiger partial charge is 0.165 e. The van der Waals surface area contributed by atoms with Gasteiger partial charge in [0.25, 0.3) is 0 Å². The minimum absolute atomic E-state index is 0.193. The molecule has 1 aliphatic rings. The summed E-state index contributed by atoms with van der Waals surface area (Å²) in [5, 5.41) is 9.00. The normalized spacial score (nSPS) is 17.6. The highest BCUT2D eigenvalue weighted by molar-refractivity contribution is 9.10. The van der Waals surface area contributed by atoms with Crippen LogP contribution in [0.15, 0.2) is 28.7 Å². The number of aliphatic hydroxyl groups is 1. The van der Waals surface area contributed by atoms with Gasteiger partial charge in [-0.1, -0.05) is 34.1 Å². The Hall–Kier alpha value is -0.750. The molecule has 21 heavy (non-hydrogen) atoms. The molecule has 2 rings (SSSR count). The predicted octanol–water partition coefficient (Wildman–Crippen LogP) is 2.02. The number of carbonyl (C=O) groups excluding carboxylic acids is 1. The SMILES string of the molecule is O=C(CCN1CCCN(CCO)CC1)c1ccccc1Br. The second-order valence-electron chi connectivity index (χ2n) is 5.41. The molecule has 0 atom stereocenters. The Kier molecular flexibility index (Phi) is 6.83. The number of hydrogen-bond acceptors (Lipinski definition) is 4. The molecular weight excluding hydrogens is 332 g/mol. The molecule has 1 heterocycles. The van der Waals surface area contributed by atoms with E-state index >= 15 is 0 Å². The lowest BCUT2D eigenvalue weighted by atomic mass is 10.1. The third kappa shape index (κ3) is 5.18. The third-order valence-corrected chi connectivity index (χ3v) is 4.62. The molecular formula is C16H23BrN2O2. The summed E-state index contributed by atoms with van der Waals surface area (Å²) in [6.45, 7) is 5.81. The molecule has 0 radical (unpaired) electrons. The Balaban J connectivity index is 1.80. The monoisotopic (exact) mass is 354 g/mol. The number of halogens is 1. The van der Waals surface area contributed by atoms with E-state index in [9.17, 15) is 4.79 Å². The molecule has 0 spiro atoms. The number of ketones is 1. The molecule has 5 heteroatoms. The highest BCUT2D eigenvalue weighted by atomic mass is 79.9. The second kappa shape index (κ2) is 8.63. The first-order chi connectivity index (χ1) is 10.2. The Morgan fingerprint density at radius 3 is 2.43 bits per heavy atom. The lowest BCUT2D eigenvalue weighted by Gasteiger charge is -2.20. The summed E-state index contributed by atoms with van der Waals surface area (Å²) in [6, 6.07) is 7.60. The van der Waals surface area contributed by atoms with E-state index in [1.807, 2.05) is 24.3 Å². The maximum absolute atomic E-state index is 12.3. The molecule has 1 fully saturated rings. The quantitative estimate of drug-likeness (QED) is 0.793. The van der Waals surface area contributed by atoms with Gasteiger partial charge in [-0.2, -0.15) is 0 Å². The van der Waals surface area contributed by atoms with Gasteiger partial charge in [0.1, 0.15) is 0 Å². The van der Waals surface area contributed by atoms with E-state index in [4.69, 9.17) is 5.11 Å². The van der Waals surface area contributed by atoms with Crippen molar-refractivity contribution < 1.29 is 9.90 Å². The third-order valence-electron chi connectivity index (χ3n) is 3.93. The van der Waals surface area contributed by atoms with Crippen LogP contribution in [0.5, 0.6) is 0 Å². The van der Waals surface area contributed by atoms with E-state index in [0.717, 1.165) is 55.7 Å². The number of nitrogens with zero attached hydrogens (tertiary/aromatic N) is 2. The molecule has 1 aromatic rings. The van der Waals surface area contributed by atoms with Crippen LogP contribution in [-0.2, 0) is 0 Å². The first-order valence-corrected chi connectivity index (χ1v) is 8.33. The standard InChI is InChI=1S/C16H23BrN2O2/c17-15-5-2-1-4-14(15)16(21)6-9-18-7-3-8-19(11-10-18)12-13-20/h1-2,4-5,20H,3,6-13H2. The zero-order chi connectivity index (χ0) is 15.1. The summed E-state index contributed by atoms with van der Waals surface area (Å²) < 4.78 is 0.875. The van der Waals surface area contributed by atoms with Crippen LogP contribution in [0.4, 0.5) is 0 Å². The summed E-state index contributed by atoms with van der Waals surface area (Å²) in [5.74, 6) is 0.193. The van der Waals surface area contributed by atoms with Crippen LogP contribution in [0.25, 0.3) is 0 Å². The fourth-order valence-electron chi connectivity index (χ4n) is 2.69. The summed E-state index contributed by atoms with van der Waals surface area (Å²) >= 11 is 3.44. The fraction of sp³-hybridized carbons (Fsp3) is 0.562. The Morgan fingerprint density at radius 1 is 1.10 bits per heavy atom. The van der Waals surface area contributed by atoms with Gasteiger partial charge >= 0.3 is 0 Å². The van der Waals surface area contributed by atoms with Gasteiger partial charge in [0.15, 0.2) is 5.78 Å². The number of β-amino-alcohol motifs (C(OH)–C–C–N with tert-alkyl or cyclic N) is 1. The van der Waals surface area contributed by atoms with E-state index in [1.165, 1.54) is 0 Å². The van der Waals surface area contributed by atoms with Crippen LogP contribution < -0.4 is 0 Å². The zero-order valence-electron chi connectivity index (χ0n) is 12.3. The zero-order valence-corrected chi connectivity index (χ0v) is 13.9. The Morgan fingerprint density at radius 2 is 1.76 bits per heavy atom. The molecule has 0 bridgehead atoms. The molecule has 1 aromatic carbocycles. The largest absolute Gasteiger partial charge is 0.395 e. The number of carbonyl (C=O) groups is 1. The maximum atomic E-state index is 12.3. The molecule has 116 valence electrons. The van der Waals surface area contributed by atoms with Gasteiger partial charge in [0.05, 0.1) is 6.61 Å². The first kappa shape index (κ1) is 16.6.